The topological polar surface area (TPSA) is 24.4 Å². The summed E-state index contributed by atoms with van der Waals surface area (Å²) in [6.45, 7) is 7.14. The third-order valence-electron chi connectivity index (χ3n) is 10.3. The summed E-state index contributed by atoms with van der Waals surface area (Å²) in [6.07, 6.45) is 7.97. The number of rotatable bonds is 3. The van der Waals surface area contributed by atoms with E-state index in [4.69, 9.17) is 11.6 Å². The third kappa shape index (κ3) is 4.05. The minimum Gasteiger partial charge on any atom is -0.371 e. The number of fused-ring (bicyclic) bond motifs is 2. The number of nitrogens with zero attached hydrogens (tertiary/aromatic N) is 1. The molecule has 5 aromatic carbocycles. The lowest BCUT2D eigenvalue weighted by molar-refractivity contribution is 0.864. The van der Waals surface area contributed by atoms with E-state index in [2.05, 4.69) is 134 Å². The SMILES string of the molecule is C=C1C2=C(C3=C(C=CCC3)C2)C(C)c2ccc(-c3cccc(C4Nc5ccccc5N=C4c4ccccc4)c3)c3cccc1c23. The minimum atomic E-state index is -0.0654. The first-order chi connectivity index (χ1) is 22.2. The van der Waals surface area contributed by atoms with Crippen LogP contribution in [0.25, 0.3) is 27.5 Å². The Morgan fingerprint density at radius 1 is 0.778 bits per heavy atom. The molecule has 0 fully saturated rings. The number of aliphatic imine (C=N–C) groups is 1. The molecule has 9 rings (SSSR count). The molecule has 1 N–H and O–H groups in total. The van der Waals surface area contributed by atoms with Crippen LogP contribution in [0.2, 0.25) is 0 Å². The summed E-state index contributed by atoms with van der Waals surface area (Å²) in [5.74, 6) is 0.332. The van der Waals surface area contributed by atoms with Crippen LogP contribution in [0.15, 0.2) is 155 Å². The molecule has 0 amide bonds. The normalized spacial score (nSPS) is 19.9. The summed E-state index contributed by atoms with van der Waals surface area (Å²) in [4.78, 5) is 5.18. The van der Waals surface area contributed by atoms with Crippen molar-refractivity contribution in [2.45, 2.75) is 38.1 Å². The minimum absolute atomic E-state index is 0.0654. The van der Waals surface area contributed by atoms with E-state index in [-0.39, 0.29) is 6.04 Å². The van der Waals surface area contributed by atoms with Crippen LogP contribution in [-0.4, -0.2) is 5.71 Å². The number of allylic oxidation sites excluding steroid dienone is 7. The molecule has 0 aromatic heterocycles. The van der Waals surface area contributed by atoms with Gasteiger partial charge in [0.05, 0.1) is 23.1 Å². The van der Waals surface area contributed by atoms with Gasteiger partial charge in [0.15, 0.2) is 0 Å². The van der Waals surface area contributed by atoms with Crippen LogP contribution in [0.5, 0.6) is 0 Å². The van der Waals surface area contributed by atoms with E-state index in [0.29, 0.717) is 5.92 Å². The van der Waals surface area contributed by atoms with Gasteiger partial charge >= 0.3 is 0 Å². The van der Waals surface area contributed by atoms with Gasteiger partial charge < -0.3 is 5.32 Å². The molecule has 0 spiro atoms. The van der Waals surface area contributed by atoms with Gasteiger partial charge in [0.1, 0.15) is 0 Å². The van der Waals surface area contributed by atoms with Crippen LogP contribution >= 0.6 is 0 Å². The van der Waals surface area contributed by atoms with Crippen molar-refractivity contribution in [2.75, 3.05) is 5.32 Å². The zero-order chi connectivity index (χ0) is 30.1. The maximum atomic E-state index is 5.18. The lowest BCUT2D eigenvalue weighted by Gasteiger charge is -2.28. The molecule has 1 heterocycles. The molecule has 0 saturated carbocycles. The van der Waals surface area contributed by atoms with E-state index in [0.717, 1.165) is 41.9 Å². The average molecular weight is 579 g/mol. The summed E-state index contributed by atoms with van der Waals surface area (Å²) in [7, 11) is 0. The predicted octanol–water partition coefficient (Wildman–Crippen LogP) is 11.3. The van der Waals surface area contributed by atoms with Crippen LogP contribution in [0, 0.1) is 0 Å². The molecule has 45 heavy (non-hydrogen) atoms. The van der Waals surface area contributed by atoms with Gasteiger partial charge in [-0.2, -0.15) is 0 Å². The van der Waals surface area contributed by atoms with Crippen molar-refractivity contribution in [1.82, 2.24) is 0 Å². The van der Waals surface area contributed by atoms with Crippen molar-refractivity contribution < 1.29 is 0 Å². The van der Waals surface area contributed by atoms with E-state index in [1.165, 1.54) is 60.9 Å². The van der Waals surface area contributed by atoms with E-state index >= 15 is 0 Å². The fourth-order valence-electron chi connectivity index (χ4n) is 8.14. The molecule has 5 aromatic rings. The Labute approximate surface area is 264 Å². The number of hydrogen-bond acceptors (Lipinski definition) is 2. The Bertz CT molecular complexity index is 2190. The van der Waals surface area contributed by atoms with Gasteiger partial charge in [-0.3, -0.25) is 0 Å². The molecule has 2 heteroatoms. The monoisotopic (exact) mass is 578 g/mol. The summed E-state index contributed by atoms with van der Waals surface area (Å²) in [5, 5.41) is 6.48. The zero-order valence-electron chi connectivity index (χ0n) is 25.5. The molecule has 0 radical (unpaired) electrons. The predicted molar refractivity (Wildman–Crippen MR) is 189 cm³/mol. The fraction of sp³-hybridized carbons (Fsp3) is 0.140. The average Bonchev–Trinajstić information content (AvgIpc) is 3.46. The van der Waals surface area contributed by atoms with Gasteiger partial charge in [-0.1, -0.05) is 117 Å². The maximum absolute atomic E-state index is 5.18. The highest BCUT2D eigenvalue weighted by Crippen LogP contribution is 2.53. The Morgan fingerprint density at radius 2 is 1.60 bits per heavy atom. The quantitative estimate of drug-likeness (QED) is 0.226. The fourth-order valence-corrected chi connectivity index (χ4v) is 8.14. The Hall–Kier alpha value is -5.21. The molecule has 2 nitrogen and oxygen atoms in total. The summed E-state index contributed by atoms with van der Waals surface area (Å²) in [5.41, 5.74) is 17.8. The van der Waals surface area contributed by atoms with Gasteiger partial charge in [-0.15, -0.1) is 0 Å². The molecule has 3 aliphatic carbocycles. The van der Waals surface area contributed by atoms with Crippen LogP contribution in [0.4, 0.5) is 11.4 Å². The van der Waals surface area contributed by atoms with Gasteiger partial charge in [0.25, 0.3) is 0 Å². The second-order valence-electron chi connectivity index (χ2n) is 12.7. The van der Waals surface area contributed by atoms with Crippen LogP contribution in [-0.2, 0) is 0 Å². The Kier molecular flexibility index (Phi) is 5.93. The van der Waals surface area contributed by atoms with E-state index in [9.17, 15) is 0 Å². The van der Waals surface area contributed by atoms with Crippen molar-refractivity contribution in [3.05, 3.63) is 172 Å². The van der Waals surface area contributed by atoms with E-state index in [1.807, 2.05) is 0 Å². The summed E-state index contributed by atoms with van der Waals surface area (Å²) in [6, 6.07) is 39.4. The molecule has 1 aliphatic heterocycles. The summed E-state index contributed by atoms with van der Waals surface area (Å²) >= 11 is 0. The van der Waals surface area contributed by atoms with Crippen LogP contribution < -0.4 is 5.32 Å². The lowest BCUT2D eigenvalue weighted by Crippen LogP contribution is -2.24. The number of para-hydroxylation sites is 2. The first-order valence-electron chi connectivity index (χ1n) is 16.1. The maximum Gasteiger partial charge on any atom is 0.0947 e. The molecular formula is C43H34N2. The van der Waals surface area contributed by atoms with Crippen molar-refractivity contribution in [3.8, 4) is 11.1 Å². The first-order valence-corrected chi connectivity index (χ1v) is 16.1. The molecule has 2 unspecified atom stereocenters. The lowest BCUT2D eigenvalue weighted by atomic mass is 9.82. The van der Waals surface area contributed by atoms with Gasteiger partial charge in [-0.25, -0.2) is 4.99 Å². The number of anilines is 1. The zero-order valence-corrected chi connectivity index (χ0v) is 25.5. The van der Waals surface area contributed by atoms with Gasteiger partial charge in [-0.05, 0) is 109 Å². The largest absolute Gasteiger partial charge is 0.371 e. The smallest absolute Gasteiger partial charge is 0.0947 e. The van der Waals surface area contributed by atoms with Gasteiger partial charge in [0, 0.05) is 5.92 Å². The van der Waals surface area contributed by atoms with Crippen LogP contribution in [0.1, 0.15) is 60.4 Å². The molecule has 216 valence electrons. The Morgan fingerprint density at radius 3 is 2.51 bits per heavy atom. The first kappa shape index (κ1) is 26.2. The highest BCUT2D eigenvalue weighted by Gasteiger charge is 2.34. The number of benzene rings is 5. The third-order valence-corrected chi connectivity index (χ3v) is 10.3. The second-order valence-corrected chi connectivity index (χ2v) is 12.7. The van der Waals surface area contributed by atoms with Crippen LogP contribution in [0.3, 0.4) is 0 Å². The molecule has 0 bridgehead atoms. The number of hydrogen-bond donors (Lipinski definition) is 1. The van der Waals surface area contributed by atoms with E-state index < -0.39 is 0 Å². The molecular weight excluding hydrogens is 544 g/mol. The van der Waals surface area contributed by atoms with Crippen molar-refractivity contribution in [3.63, 3.8) is 0 Å². The van der Waals surface area contributed by atoms with Crippen molar-refractivity contribution in [1.29, 1.82) is 0 Å². The number of nitrogens with one attached hydrogen (secondary N) is 1. The standard InChI is InChI=1S/C43H34N2/c1-26-32-18-11-19-36-34(23-22-33(41(32)36)27(2)40-35-17-7-6-14-30(35)25-37(26)40)29-15-10-16-31(24-29)43-42(28-12-4-3-5-13-28)44-38-20-8-9-21-39(38)45-43/h3-6,8-16,18-24,27,43,45H,1,7,17,25H2,2H3. The summed E-state index contributed by atoms with van der Waals surface area (Å²) < 4.78 is 0. The van der Waals surface area contributed by atoms with Crippen molar-refractivity contribution in [2.24, 2.45) is 4.99 Å². The second kappa shape index (κ2) is 10.2. The van der Waals surface area contributed by atoms with E-state index in [1.54, 1.807) is 5.57 Å². The molecule has 0 saturated heterocycles. The van der Waals surface area contributed by atoms with Gasteiger partial charge in [0.2, 0.25) is 0 Å². The Balaban J connectivity index is 1.17. The highest BCUT2D eigenvalue weighted by molar-refractivity contribution is 6.11. The van der Waals surface area contributed by atoms with Crippen molar-refractivity contribution >= 4 is 33.4 Å². The molecule has 4 aliphatic rings. The highest BCUT2D eigenvalue weighted by atomic mass is 15.0. The molecule has 2 atom stereocenters.